The number of nitrogens with zero attached hydrogens (tertiary/aromatic N) is 1. The minimum absolute atomic E-state index is 0.386. The number of carboxylic acid groups (broad SMARTS) is 1. The molecule has 3 nitrogen and oxygen atoms in total. The Hall–Kier alpha value is -1.35. The molecule has 1 saturated heterocycles. The molecule has 18 heavy (non-hydrogen) atoms. The van der Waals surface area contributed by atoms with Gasteiger partial charge in [0, 0.05) is 19.6 Å². The zero-order valence-electron chi connectivity index (χ0n) is 10.9. The Morgan fingerprint density at radius 2 is 2.06 bits per heavy atom. The fraction of sp³-hybridized carbons (Fsp3) is 0.533. The summed E-state index contributed by atoms with van der Waals surface area (Å²) in [7, 11) is 0. The van der Waals surface area contributed by atoms with Crippen molar-refractivity contribution < 1.29 is 9.90 Å². The SMILES string of the molecule is CC1(C)C2CN(Cc3cccc(C(=O)O)c3)CC21. The molecule has 2 atom stereocenters. The standard InChI is InChI=1S/C15H19NO2/c1-15(2)12-8-16(9-13(12)15)7-10-4-3-5-11(6-10)14(17)18/h3-6,12-13H,7-9H2,1-2H3,(H,17,18). The van der Waals surface area contributed by atoms with Gasteiger partial charge < -0.3 is 5.11 Å². The van der Waals surface area contributed by atoms with Crippen LogP contribution < -0.4 is 0 Å². The van der Waals surface area contributed by atoms with Gasteiger partial charge in [0.25, 0.3) is 0 Å². The molecule has 0 amide bonds. The van der Waals surface area contributed by atoms with Crippen molar-refractivity contribution >= 4 is 5.97 Å². The molecule has 0 radical (unpaired) electrons. The van der Waals surface area contributed by atoms with E-state index >= 15 is 0 Å². The summed E-state index contributed by atoms with van der Waals surface area (Å²) in [4.78, 5) is 13.4. The average Bonchev–Trinajstić information content (AvgIpc) is 2.70. The van der Waals surface area contributed by atoms with E-state index in [1.807, 2.05) is 12.1 Å². The topological polar surface area (TPSA) is 40.5 Å². The number of rotatable bonds is 3. The Labute approximate surface area is 107 Å². The highest BCUT2D eigenvalue weighted by atomic mass is 16.4. The smallest absolute Gasteiger partial charge is 0.335 e. The van der Waals surface area contributed by atoms with Crippen molar-refractivity contribution in [2.24, 2.45) is 17.3 Å². The molecule has 0 spiro atoms. The van der Waals surface area contributed by atoms with E-state index in [9.17, 15) is 4.79 Å². The fourth-order valence-electron chi connectivity index (χ4n) is 3.40. The molecular formula is C15H19NO2. The molecule has 1 aliphatic carbocycles. The third-order valence-corrected chi connectivity index (χ3v) is 4.78. The largest absolute Gasteiger partial charge is 0.478 e. The van der Waals surface area contributed by atoms with E-state index in [-0.39, 0.29) is 0 Å². The number of fused-ring (bicyclic) bond motifs is 1. The van der Waals surface area contributed by atoms with Gasteiger partial charge >= 0.3 is 5.97 Å². The number of aromatic carboxylic acids is 1. The number of hydrogen-bond donors (Lipinski definition) is 1. The maximum atomic E-state index is 10.9. The molecule has 1 aromatic rings. The highest BCUT2D eigenvalue weighted by molar-refractivity contribution is 5.87. The first-order chi connectivity index (χ1) is 8.48. The van der Waals surface area contributed by atoms with E-state index in [1.165, 1.54) is 0 Å². The van der Waals surface area contributed by atoms with E-state index in [0.29, 0.717) is 11.0 Å². The van der Waals surface area contributed by atoms with Crippen LogP contribution in [0.2, 0.25) is 0 Å². The van der Waals surface area contributed by atoms with Crippen LogP contribution in [0.1, 0.15) is 29.8 Å². The normalized spacial score (nSPS) is 29.0. The van der Waals surface area contributed by atoms with Gasteiger partial charge in [-0.2, -0.15) is 0 Å². The first kappa shape index (κ1) is 11.7. The lowest BCUT2D eigenvalue weighted by Crippen LogP contribution is -2.26. The molecule has 0 bridgehead atoms. The second kappa shape index (κ2) is 3.82. The molecule has 0 aromatic heterocycles. The number of carbonyl (C=O) groups is 1. The van der Waals surface area contributed by atoms with Gasteiger partial charge in [-0.15, -0.1) is 0 Å². The van der Waals surface area contributed by atoms with Gasteiger partial charge in [-0.1, -0.05) is 26.0 Å². The van der Waals surface area contributed by atoms with Crippen LogP contribution in [0.3, 0.4) is 0 Å². The molecule has 1 aliphatic heterocycles. The molecule has 96 valence electrons. The van der Waals surface area contributed by atoms with Crippen LogP contribution in [0.15, 0.2) is 24.3 Å². The summed E-state index contributed by atoms with van der Waals surface area (Å²) >= 11 is 0. The second-order valence-corrected chi connectivity index (χ2v) is 6.23. The fourth-order valence-corrected chi connectivity index (χ4v) is 3.40. The summed E-state index contributed by atoms with van der Waals surface area (Å²) in [6.45, 7) is 7.91. The monoisotopic (exact) mass is 245 g/mol. The van der Waals surface area contributed by atoms with E-state index < -0.39 is 5.97 Å². The molecule has 2 unspecified atom stereocenters. The lowest BCUT2D eigenvalue weighted by Gasteiger charge is -2.21. The van der Waals surface area contributed by atoms with Crippen LogP contribution in [0.25, 0.3) is 0 Å². The van der Waals surface area contributed by atoms with Gasteiger partial charge in [0.1, 0.15) is 0 Å². The van der Waals surface area contributed by atoms with Crippen molar-refractivity contribution in [3.8, 4) is 0 Å². The predicted molar refractivity (Wildman–Crippen MR) is 69.4 cm³/mol. The van der Waals surface area contributed by atoms with Gasteiger partial charge in [0.2, 0.25) is 0 Å². The van der Waals surface area contributed by atoms with Crippen molar-refractivity contribution in [1.82, 2.24) is 4.90 Å². The Bertz CT molecular complexity index is 481. The van der Waals surface area contributed by atoms with Gasteiger partial charge in [0.15, 0.2) is 0 Å². The van der Waals surface area contributed by atoms with E-state index in [1.54, 1.807) is 12.1 Å². The first-order valence-corrected chi connectivity index (χ1v) is 6.53. The zero-order chi connectivity index (χ0) is 12.9. The van der Waals surface area contributed by atoms with Crippen LogP contribution in [0, 0.1) is 17.3 Å². The van der Waals surface area contributed by atoms with E-state index in [0.717, 1.165) is 37.0 Å². The number of likely N-dealkylation sites (tertiary alicyclic amines) is 1. The van der Waals surface area contributed by atoms with E-state index in [2.05, 4.69) is 18.7 Å². The summed E-state index contributed by atoms with van der Waals surface area (Å²) in [5.41, 5.74) is 2.03. The second-order valence-electron chi connectivity index (χ2n) is 6.23. The lowest BCUT2D eigenvalue weighted by molar-refractivity contribution is 0.0696. The Morgan fingerprint density at radius 1 is 1.39 bits per heavy atom. The number of piperidine rings is 1. The zero-order valence-corrected chi connectivity index (χ0v) is 10.9. The maximum Gasteiger partial charge on any atom is 0.335 e. The van der Waals surface area contributed by atoms with Crippen molar-refractivity contribution in [2.75, 3.05) is 13.1 Å². The van der Waals surface area contributed by atoms with Crippen molar-refractivity contribution in [2.45, 2.75) is 20.4 Å². The van der Waals surface area contributed by atoms with Crippen molar-refractivity contribution in [3.63, 3.8) is 0 Å². The van der Waals surface area contributed by atoms with Gasteiger partial charge in [-0.3, -0.25) is 4.90 Å². The molecule has 3 heteroatoms. The highest BCUT2D eigenvalue weighted by Crippen LogP contribution is 2.62. The Balaban J connectivity index is 1.65. The Kier molecular flexibility index (Phi) is 2.49. The van der Waals surface area contributed by atoms with Gasteiger partial charge in [-0.05, 0) is 34.9 Å². The van der Waals surface area contributed by atoms with Crippen LogP contribution in [-0.2, 0) is 6.54 Å². The summed E-state index contributed by atoms with van der Waals surface area (Å²) in [6.07, 6.45) is 0. The first-order valence-electron chi connectivity index (χ1n) is 6.53. The average molecular weight is 245 g/mol. The van der Waals surface area contributed by atoms with Gasteiger partial charge in [0.05, 0.1) is 5.56 Å². The maximum absolute atomic E-state index is 10.9. The van der Waals surface area contributed by atoms with E-state index in [4.69, 9.17) is 5.11 Å². The predicted octanol–water partition coefficient (Wildman–Crippen LogP) is 2.47. The molecule has 2 fully saturated rings. The summed E-state index contributed by atoms with van der Waals surface area (Å²) in [5, 5.41) is 8.97. The highest BCUT2D eigenvalue weighted by Gasteiger charge is 2.61. The molecule has 2 aliphatic rings. The molecule has 1 heterocycles. The van der Waals surface area contributed by atoms with Crippen LogP contribution in [0.5, 0.6) is 0 Å². The molecule has 3 rings (SSSR count). The molecule has 1 N–H and O–H groups in total. The number of benzene rings is 1. The summed E-state index contributed by atoms with van der Waals surface area (Å²) in [5.74, 6) is 0.850. The lowest BCUT2D eigenvalue weighted by atomic mass is 10.1. The number of carboxylic acids is 1. The van der Waals surface area contributed by atoms with Crippen LogP contribution in [0.4, 0.5) is 0 Å². The molecule has 1 aromatic carbocycles. The summed E-state index contributed by atoms with van der Waals surface area (Å²) in [6, 6.07) is 7.29. The molecule has 1 saturated carbocycles. The molecular weight excluding hydrogens is 226 g/mol. The minimum atomic E-state index is -0.845. The van der Waals surface area contributed by atoms with Crippen molar-refractivity contribution in [1.29, 1.82) is 0 Å². The van der Waals surface area contributed by atoms with Crippen molar-refractivity contribution in [3.05, 3.63) is 35.4 Å². The number of hydrogen-bond acceptors (Lipinski definition) is 2. The minimum Gasteiger partial charge on any atom is -0.478 e. The third-order valence-electron chi connectivity index (χ3n) is 4.78. The van der Waals surface area contributed by atoms with Crippen LogP contribution >= 0.6 is 0 Å². The quantitative estimate of drug-likeness (QED) is 0.889. The third kappa shape index (κ3) is 1.83. The van der Waals surface area contributed by atoms with Gasteiger partial charge in [-0.25, -0.2) is 4.79 Å². The van der Waals surface area contributed by atoms with Crippen LogP contribution in [-0.4, -0.2) is 29.1 Å². The summed E-state index contributed by atoms with van der Waals surface area (Å²) < 4.78 is 0. The Morgan fingerprint density at radius 3 is 2.67 bits per heavy atom.